The summed E-state index contributed by atoms with van der Waals surface area (Å²) in [7, 11) is 3.33. The summed E-state index contributed by atoms with van der Waals surface area (Å²) in [5.41, 5.74) is 0. The Labute approximate surface area is 54.8 Å². The fourth-order valence-electron chi connectivity index (χ4n) is 0.756. The van der Waals surface area contributed by atoms with Gasteiger partial charge in [-0.15, -0.1) is 0 Å². The van der Waals surface area contributed by atoms with Crippen LogP contribution in [0, 0.1) is 0 Å². The Morgan fingerprint density at radius 2 is 1.56 bits per heavy atom. The zero-order valence-electron chi connectivity index (χ0n) is 5.68. The molecule has 0 N–H and O–H groups in total. The van der Waals surface area contributed by atoms with E-state index in [-0.39, 0.29) is 0 Å². The van der Waals surface area contributed by atoms with E-state index < -0.39 is 0 Å². The summed E-state index contributed by atoms with van der Waals surface area (Å²) in [5, 5.41) is 0. The predicted octanol–water partition coefficient (Wildman–Crippen LogP) is 1.45. The molecule has 0 aromatic carbocycles. The van der Waals surface area contributed by atoms with Crippen LogP contribution in [0.5, 0.6) is 0 Å². The van der Waals surface area contributed by atoms with Gasteiger partial charge in [0.15, 0.2) is 0 Å². The lowest BCUT2D eigenvalue weighted by Crippen LogP contribution is -1.86. The molecule has 2 heteroatoms. The first-order chi connectivity index (χ1) is 4.36. The Balaban J connectivity index is 2.43. The third-order valence-electron chi connectivity index (χ3n) is 1.33. The number of ether oxygens (including phenoxy) is 2. The molecule has 0 spiro atoms. The van der Waals surface area contributed by atoms with E-state index in [9.17, 15) is 0 Å². The zero-order chi connectivity index (χ0) is 6.69. The van der Waals surface area contributed by atoms with Gasteiger partial charge in [0.1, 0.15) is 11.5 Å². The second-order valence-electron chi connectivity index (χ2n) is 1.85. The van der Waals surface area contributed by atoms with E-state index in [0.29, 0.717) is 0 Å². The fourth-order valence-corrected chi connectivity index (χ4v) is 0.756. The molecule has 0 amide bonds. The van der Waals surface area contributed by atoms with Crippen LogP contribution in [0.3, 0.4) is 0 Å². The molecule has 0 saturated heterocycles. The lowest BCUT2D eigenvalue weighted by Gasteiger charge is -2.01. The third-order valence-corrected chi connectivity index (χ3v) is 1.33. The van der Waals surface area contributed by atoms with Crippen molar-refractivity contribution in [2.75, 3.05) is 14.2 Å². The van der Waals surface area contributed by atoms with Crippen molar-refractivity contribution in [3.05, 3.63) is 23.7 Å². The van der Waals surface area contributed by atoms with Crippen molar-refractivity contribution in [3.8, 4) is 0 Å². The van der Waals surface area contributed by atoms with E-state index in [1.165, 1.54) is 0 Å². The zero-order valence-corrected chi connectivity index (χ0v) is 5.68. The summed E-state index contributed by atoms with van der Waals surface area (Å²) < 4.78 is 9.94. The normalized spacial score (nSPS) is 16.7. The number of allylic oxidation sites excluding steroid dienone is 2. The fraction of sp³-hybridized carbons (Fsp3) is 0.429. The highest BCUT2D eigenvalue weighted by Gasteiger charge is 2.06. The third kappa shape index (κ3) is 1.25. The molecular formula is C7H10O2. The molecule has 0 heterocycles. The summed E-state index contributed by atoms with van der Waals surface area (Å²) in [6, 6.07) is 0. The smallest absolute Gasteiger partial charge is 0.103 e. The molecule has 0 aromatic heterocycles. The maximum Gasteiger partial charge on any atom is 0.103 e. The summed E-state index contributed by atoms with van der Waals surface area (Å²) >= 11 is 0. The van der Waals surface area contributed by atoms with Gasteiger partial charge in [0.05, 0.1) is 20.6 Å². The molecule has 0 aliphatic heterocycles. The Hall–Kier alpha value is -0.920. The summed E-state index contributed by atoms with van der Waals surface area (Å²) in [6.07, 6.45) is 4.63. The molecule has 0 atom stereocenters. The highest BCUT2D eigenvalue weighted by molar-refractivity contribution is 5.23. The van der Waals surface area contributed by atoms with Crippen molar-refractivity contribution in [1.29, 1.82) is 0 Å². The first-order valence-corrected chi connectivity index (χ1v) is 2.84. The highest BCUT2D eigenvalue weighted by Crippen LogP contribution is 2.18. The topological polar surface area (TPSA) is 18.5 Å². The molecular weight excluding hydrogens is 116 g/mol. The van der Waals surface area contributed by atoms with Crippen molar-refractivity contribution in [2.45, 2.75) is 6.42 Å². The van der Waals surface area contributed by atoms with Gasteiger partial charge in [0, 0.05) is 0 Å². The van der Waals surface area contributed by atoms with E-state index in [0.717, 1.165) is 17.9 Å². The second kappa shape index (κ2) is 2.58. The molecule has 1 aliphatic rings. The van der Waals surface area contributed by atoms with Crippen LogP contribution in [-0.2, 0) is 9.47 Å². The SMILES string of the molecule is COC1=CC=C(OC)C1. The average molecular weight is 126 g/mol. The first-order valence-electron chi connectivity index (χ1n) is 2.84. The maximum absolute atomic E-state index is 4.97. The van der Waals surface area contributed by atoms with Crippen molar-refractivity contribution in [3.63, 3.8) is 0 Å². The minimum Gasteiger partial charge on any atom is -0.501 e. The van der Waals surface area contributed by atoms with Gasteiger partial charge in [-0.2, -0.15) is 0 Å². The van der Waals surface area contributed by atoms with Gasteiger partial charge in [-0.3, -0.25) is 0 Å². The lowest BCUT2D eigenvalue weighted by molar-refractivity contribution is 0.246. The molecule has 0 unspecified atom stereocenters. The molecule has 0 bridgehead atoms. The minimum absolute atomic E-state index is 0.799. The van der Waals surface area contributed by atoms with Crippen molar-refractivity contribution >= 4 is 0 Å². The van der Waals surface area contributed by atoms with Crippen LogP contribution in [0.25, 0.3) is 0 Å². The van der Waals surface area contributed by atoms with Gasteiger partial charge in [0.2, 0.25) is 0 Å². The van der Waals surface area contributed by atoms with Crippen LogP contribution in [-0.4, -0.2) is 14.2 Å². The quantitative estimate of drug-likeness (QED) is 0.557. The monoisotopic (exact) mass is 126 g/mol. The van der Waals surface area contributed by atoms with E-state index in [1.807, 2.05) is 12.2 Å². The molecule has 50 valence electrons. The number of hydrogen-bond acceptors (Lipinski definition) is 2. The average Bonchev–Trinajstić information content (AvgIpc) is 2.34. The van der Waals surface area contributed by atoms with Crippen LogP contribution in [0.15, 0.2) is 23.7 Å². The van der Waals surface area contributed by atoms with Crippen molar-refractivity contribution in [1.82, 2.24) is 0 Å². The number of rotatable bonds is 2. The molecule has 1 rings (SSSR count). The molecule has 0 aromatic rings. The Morgan fingerprint density at radius 1 is 1.11 bits per heavy atom. The Morgan fingerprint density at radius 3 is 1.78 bits per heavy atom. The maximum atomic E-state index is 4.97. The van der Waals surface area contributed by atoms with Gasteiger partial charge in [-0.25, -0.2) is 0 Å². The molecule has 0 saturated carbocycles. The van der Waals surface area contributed by atoms with Crippen molar-refractivity contribution in [2.24, 2.45) is 0 Å². The summed E-state index contributed by atoms with van der Waals surface area (Å²) in [5.74, 6) is 1.93. The molecule has 0 radical (unpaired) electrons. The molecule has 2 nitrogen and oxygen atoms in total. The Kier molecular flexibility index (Phi) is 1.78. The predicted molar refractivity (Wildman–Crippen MR) is 34.8 cm³/mol. The highest BCUT2D eigenvalue weighted by atomic mass is 16.5. The van der Waals surface area contributed by atoms with E-state index in [4.69, 9.17) is 9.47 Å². The van der Waals surface area contributed by atoms with Crippen LogP contribution >= 0.6 is 0 Å². The van der Waals surface area contributed by atoms with Gasteiger partial charge in [-0.05, 0) is 12.2 Å². The van der Waals surface area contributed by atoms with E-state index in [2.05, 4.69) is 0 Å². The standard InChI is InChI=1S/C7H10O2/c1-8-6-3-4-7(5-6)9-2/h3-4H,5H2,1-2H3. The largest absolute Gasteiger partial charge is 0.501 e. The van der Waals surface area contributed by atoms with Crippen LogP contribution in [0.4, 0.5) is 0 Å². The lowest BCUT2D eigenvalue weighted by atomic mass is 10.4. The number of hydrogen-bond donors (Lipinski definition) is 0. The van der Waals surface area contributed by atoms with Crippen LogP contribution in [0.1, 0.15) is 6.42 Å². The van der Waals surface area contributed by atoms with E-state index in [1.54, 1.807) is 14.2 Å². The summed E-state index contributed by atoms with van der Waals surface area (Å²) in [6.45, 7) is 0. The summed E-state index contributed by atoms with van der Waals surface area (Å²) in [4.78, 5) is 0. The Bertz CT molecular complexity index is 138. The molecule has 1 aliphatic carbocycles. The molecule has 0 fully saturated rings. The number of methoxy groups -OCH3 is 2. The molecule has 9 heavy (non-hydrogen) atoms. The minimum atomic E-state index is 0.799. The van der Waals surface area contributed by atoms with Gasteiger partial charge in [0.25, 0.3) is 0 Å². The van der Waals surface area contributed by atoms with Gasteiger partial charge < -0.3 is 9.47 Å². The van der Waals surface area contributed by atoms with Crippen LogP contribution < -0.4 is 0 Å². The second-order valence-corrected chi connectivity index (χ2v) is 1.85. The van der Waals surface area contributed by atoms with Crippen LogP contribution in [0.2, 0.25) is 0 Å². The van der Waals surface area contributed by atoms with Crippen molar-refractivity contribution < 1.29 is 9.47 Å². The van der Waals surface area contributed by atoms with Gasteiger partial charge in [-0.1, -0.05) is 0 Å². The van der Waals surface area contributed by atoms with E-state index >= 15 is 0 Å². The first kappa shape index (κ1) is 6.20. The van der Waals surface area contributed by atoms with Gasteiger partial charge >= 0.3 is 0 Å².